The van der Waals surface area contributed by atoms with Crippen molar-refractivity contribution >= 4 is 5.91 Å². The van der Waals surface area contributed by atoms with Crippen LogP contribution in [-0.4, -0.2) is 23.8 Å². The summed E-state index contributed by atoms with van der Waals surface area (Å²) in [4.78, 5) is 11.3. The number of nitrogens with one attached hydrogen (secondary N) is 1. The fraction of sp³-hybridized carbons (Fsp3) is 0.316. The van der Waals surface area contributed by atoms with Gasteiger partial charge in [0.25, 0.3) is 0 Å². The molecule has 1 unspecified atom stereocenters. The number of halogens is 3. The molecule has 0 aliphatic heterocycles. The summed E-state index contributed by atoms with van der Waals surface area (Å²) in [5.41, 5.74) is 3.98. The van der Waals surface area contributed by atoms with E-state index in [1.807, 2.05) is 0 Å². The first-order valence-corrected chi connectivity index (χ1v) is 8.19. The molecule has 0 radical (unpaired) electrons. The Bertz CT molecular complexity index is 775. The Labute approximate surface area is 154 Å². The highest BCUT2D eigenvalue weighted by Crippen LogP contribution is 2.32. The molecule has 0 aliphatic rings. The molecular weight excluding hydrogens is 361 g/mol. The molecule has 0 saturated heterocycles. The van der Waals surface area contributed by atoms with Gasteiger partial charge in [0.1, 0.15) is 18.1 Å². The molecule has 0 fully saturated rings. The van der Waals surface area contributed by atoms with Crippen molar-refractivity contribution in [2.75, 3.05) is 7.05 Å². The molecule has 0 bridgehead atoms. The molecule has 5 nitrogen and oxygen atoms in total. The van der Waals surface area contributed by atoms with Crippen LogP contribution < -0.4 is 15.8 Å². The summed E-state index contributed by atoms with van der Waals surface area (Å²) in [6, 6.07) is 11.6. The van der Waals surface area contributed by atoms with Crippen molar-refractivity contribution in [3.05, 3.63) is 65.2 Å². The van der Waals surface area contributed by atoms with Crippen molar-refractivity contribution in [1.29, 1.82) is 0 Å². The van der Waals surface area contributed by atoms with E-state index >= 15 is 0 Å². The van der Waals surface area contributed by atoms with E-state index in [-0.39, 0.29) is 30.9 Å². The minimum Gasteiger partial charge on any atom is -0.489 e. The van der Waals surface area contributed by atoms with Crippen LogP contribution in [0.25, 0.3) is 0 Å². The van der Waals surface area contributed by atoms with Crippen LogP contribution in [0.3, 0.4) is 0 Å². The van der Waals surface area contributed by atoms with Gasteiger partial charge in [0.05, 0.1) is 12.0 Å². The van der Waals surface area contributed by atoms with Crippen LogP contribution in [0.15, 0.2) is 48.5 Å². The first kappa shape index (κ1) is 20.7. The fourth-order valence-electron chi connectivity index (χ4n) is 2.57. The van der Waals surface area contributed by atoms with Gasteiger partial charge in [-0.2, -0.15) is 13.2 Å². The Morgan fingerprint density at radius 1 is 1.15 bits per heavy atom. The summed E-state index contributed by atoms with van der Waals surface area (Å²) in [5, 5.41) is 12.5. The van der Waals surface area contributed by atoms with Crippen molar-refractivity contribution in [1.82, 2.24) is 5.32 Å². The van der Waals surface area contributed by atoms with E-state index < -0.39 is 17.5 Å². The quantitative estimate of drug-likeness (QED) is 0.643. The number of ether oxygens (including phenoxy) is 1. The number of benzene rings is 2. The van der Waals surface area contributed by atoms with Crippen LogP contribution in [0.1, 0.15) is 23.1 Å². The van der Waals surface area contributed by atoms with Gasteiger partial charge in [0, 0.05) is 19.0 Å². The number of amides is 1. The van der Waals surface area contributed by atoms with Gasteiger partial charge in [-0.15, -0.1) is 0 Å². The number of alkyl halides is 3. The van der Waals surface area contributed by atoms with Gasteiger partial charge in [-0.3, -0.25) is 4.79 Å². The zero-order valence-electron chi connectivity index (χ0n) is 14.7. The minimum atomic E-state index is -4.44. The predicted octanol–water partition coefficient (Wildman–Crippen LogP) is 2.61. The highest BCUT2D eigenvalue weighted by molar-refractivity contribution is 5.76. The second-order valence-electron chi connectivity index (χ2n) is 6.22. The van der Waals surface area contributed by atoms with Crippen molar-refractivity contribution in [3.63, 3.8) is 0 Å². The van der Waals surface area contributed by atoms with Crippen LogP contribution in [0.4, 0.5) is 13.2 Å². The highest BCUT2D eigenvalue weighted by Gasteiger charge is 2.33. The van der Waals surface area contributed by atoms with E-state index in [9.17, 15) is 23.1 Å². The van der Waals surface area contributed by atoms with Gasteiger partial charge < -0.3 is 20.9 Å². The molecule has 2 aromatic rings. The molecule has 146 valence electrons. The molecule has 0 aromatic heterocycles. The van der Waals surface area contributed by atoms with Crippen molar-refractivity contribution < 1.29 is 27.8 Å². The Hall–Kier alpha value is -2.58. The van der Waals surface area contributed by atoms with Crippen LogP contribution >= 0.6 is 0 Å². The molecule has 2 rings (SSSR count). The normalized spacial score (nSPS) is 13.7. The van der Waals surface area contributed by atoms with E-state index in [4.69, 9.17) is 10.5 Å². The number of carbonyl (C=O) groups is 1. The summed E-state index contributed by atoms with van der Waals surface area (Å²) in [7, 11) is 1.45. The van der Waals surface area contributed by atoms with Gasteiger partial charge in [0.15, 0.2) is 0 Å². The summed E-state index contributed by atoms with van der Waals surface area (Å²) in [5.74, 6) is -0.00845. The van der Waals surface area contributed by atoms with E-state index in [1.54, 1.807) is 24.3 Å². The molecule has 0 aliphatic carbocycles. The number of hydrogen-bond acceptors (Lipinski definition) is 4. The third-order valence-corrected chi connectivity index (χ3v) is 3.90. The van der Waals surface area contributed by atoms with Crippen LogP contribution in [0, 0.1) is 0 Å². The molecule has 1 atom stereocenters. The largest absolute Gasteiger partial charge is 0.489 e. The maximum atomic E-state index is 13.0. The SMILES string of the molecule is CNC(=O)CC(N)(O)Cc1ccc(OCc2ccccc2C(F)(F)F)cc1. The molecule has 0 saturated carbocycles. The molecule has 2 aromatic carbocycles. The van der Waals surface area contributed by atoms with E-state index in [2.05, 4.69) is 5.32 Å². The second kappa shape index (κ2) is 8.41. The maximum absolute atomic E-state index is 13.0. The molecule has 27 heavy (non-hydrogen) atoms. The lowest BCUT2D eigenvalue weighted by atomic mass is 10.00. The average Bonchev–Trinajstić information content (AvgIpc) is 2.59. The summed E-state index contributed by atoms with van der Waals surface area (Å²) >= 11 is 0. The molecular formula is C19H21F3N2O3. The highest BCUT2D eigenvalue weighted by atomic mass is 19.4. The minimum absolute atomic E-state index is 0.0380. The Kier molecular flexibility index (Phi) is 6.45. The number of aliphatic hydroxyl groups is 1. The van der Waals surface area contributed by atoms with E-state index in [0.717, 1.165) is 6.07 Å². The van der Waals surface area contributed by atoms with Crippen molar-refractivity contribution in [2.45, 2.75) is 31.3 Å². The molecule has 0 spiro atoms. The van der Waals surface area contributed by atoms with Gasteiger partial charge in [-0.25, -0.2) is 0 Å². The second-order valence-corrected chi connectivity index (χ2v) is 6.22. The van der Waals surface area contributed by atoms with Gasteiger partial charge >= 0.3 is 6.18 Å². The maximum Gasteiger partial charge on any atom is 0.416 e. The first-order chi connectivity index (χ1) is 12.6. The lowest BCUT2D eigenvalue weighted by Crippen LogP contribution is -2.45. The number of carbonyl (C=O) groups excluding carboxylic acids is 1. The Morgan fingerprint density at radius 3 is 2.37 bits per heavy atom. The third kappa shape index (κ3) is 6.26. The molecule has 0 heterocycles. The molecule has 8 heteroatoms. The van der Waals surface area contributed by atoms with Crippen molar-refractivity contribution in [2.24, 2.45) is 5.73 Å². The lowest BCUT2D eigenvalue weighted by molar-refractivity contribution is -0.138. The first-order valence-electron chi connectivity index (χ1n) is 8.19. The van der Waals surface area contributed by atoms with E-state index in [0.29, 0.717) is 11.3 Å². The van der Waals surface area contributed by atoms with Gasteiger partial charge in [-0.05, 0) is 23.8 Å². The number of rotatable bonds is 7. The van der Waals surface area contributed by atoms with Crippen molar-refractivity contribution in [3.8, 4) is 5.75 Å². The zero-order chi connectivity index (χ0) is 20.1. The van der Waals surface area contributed by atoms with Crippen LogP contribution in [0.5, 0.6) is 5.75 Å². The van der Waals surface area contributed by atoms with Gasteiger partial charge in [-0.1, -0.05) is 30.3 Å². The molecule has 4 N–H and O–H groups in total. The summed E-state index contributed by atoms with van der Waals surface area (Å²) < 4.78 is 44.4. The van der Waals surface area contributed by atoms with Crippen LogP contribution in [-0.2, 0) is 24.0 Å². The smallest absolute Gasteiger partial charge is 0.416 e. The lowest BCUT2D eigenvalue weighted by Gasteiger charge is -2.22. The monoisotopic (exact) mass is 382 g/mol. The fourth-order valence-corrected chi connectivity index (χ4v) is 2.57. The number of hydrogen-bond donors (Lipinski definition) is 3. The third-order valence-electron chi connectivity index (χ3n) is 3.90. The number of nitrogens with two attached hydrogens (primary N) is 1. The Balaban J connectivity index is 2.00. The zero-order valence-corrected chi connectivity index (χ0v) is 14.7. The van der Waals surface area contributed by atoms with Gasteiger partial charge in [0.2, 0.25) is 5.91 Å². The standard InChI is InChI=1S/C19H21F3N2O3/c1-24-17(25)11-18(23,26)10-13-6-8-15(9-7-13)27-12-14-4-2-3-5-16(14)19(20,21)22/h2-9,26H,10-12,23H2,1H3,(H,24,25). The van der Waals surface area contributed by atoms with E-state index in [1.165, 1.54) is 25.2 Å². The van der Waals surface area contributed by atoms with Crippen LogP contribution in [0.2, 0.25) is 0 Å². The summed E-state index contributed by atoms with van der Waals surface area (Å²) in [6.45, 7) is -0.230. The predicted molar refractivity (Wildman–Crippen MR) is 93.7 cm³/mol. The topological polar surface area (TPSA) is 84.6 Å². The molecule has 1 amide bonds. The summed E-state index contributed by atoms with van der Waals surface area (Å²) in [6.07, 6.45) is -4.66. The Morgan fingerprint density at radius 2 is 1.78 bits per heavy atom. The average molecular weight is 382 g/mol.